The Labute approximate surface area is 178 Å². The maximum atomic E-state index is 12.3. The molecule has 1 aliphatic carbocycles. The molecular weight excluding hydrogens is 402 g/mol. The molecule has 1 saturated carbocycles. The third-order valence-electron chi connectivity index (χ3n) is 5.56. The Morgan fingerprint density at radius 2 is 2.00 bits per heavy atom. The molecule has 29 heavy (non-hydrogen) atoms. The number of benzene rings is 1. The first-order valence-corrected chi connectivity index (χ1v) is 11.3. The molecule has 150 valence electrons. The zero-order valence-electron chi connectivity index (χ0n) is 16.0. The minimum absolute atomic E-state index is 0.0110. The lowest BCUT2D eigenvalue weighted by molar-refractivity contribution is -0.121. The summed E-state index contributed by atoms with van der Waals surface area (Å²) in [6.45, 7) is 1.97. The largest absolute Gasteiger partial charge is 0.355 e. The number of thiophene rings is 1. The van der Waals surface area contributed by atoms with Crippen molar-refractivity contribution in [1.82, 2.24) is 24.6 Å². The van der Waals surface area contributed by atoms with Crippen molar-refractivity contribution in [3.8, 4) is 10.7 Å². The second-order valence-corrected chi connectivity index (χ2v) is 8.93. The molecule has 1 aliphatic heterocycles. The summed E-state index contributed by atoms with van der Waals surface area (Å²) >= 11 is 7.54. The predicted octanol–water partition coefficient (Wildman–Crippen LogP) is 4.00. The van der Waals surface area contributed by atoms with Gasteiger partial charge in [0.2, 0.25) is 5.91 Å². The van der Waals surface area contributed by atoms with E-state index in [4.69, 9.17) is 17.3 Å². The van der Waals surface area contributed by atoms with Gasteiger partial charge >= 0.3 is 0 Å². The lowest BCUT2D eigenvalue weighted by Gasteiger charge is -2.29. The van der Waals surface area contributed by atoms with Crippen molar-refractivity contribution in [2.75, 3.05) is 13.1 Å². The fourth-order valence-corrected chi connectivity index (χ4v) is 5.00. The van der Waals surface area contributed by atoms with Gasteiger partial charge in [0.05, 0.1) is 11.5 Å². The highest BCUT2D eigenvalue weighted by Crippen LogP contribution is 2.39. The molecule has 1 saturated heterocycles. The van der Waals surface area contributed by atoms with E-state index in [9.17, 15) is 4.79 Å². The van der Waals surface area contributed by atoms with Gasteiger partial charge < -0.3 is 5.32 Å². The number of hydrogen-bond acceptors (Lipinski definition) is 5. The summed E-state index contributed by atoms with van der Waals surface area (Å²) in [6, 6.07) is 14.9. The highest BCUT2D eigenvalue weighted by molar-refractivity contribution is 7.71. The van der Waals surface area contributed by atoms with Crippen molar-refractivity contribution >= 4 is 29.5 Å². The molecule has 1 aromatic carbocycles. The van der Waals surface area contributed by atoms with Gasteiger partial charge in [-0.25, -0.2) is 4.68 Å². The van der Waals surface area contributed by atoms with Crippen molar-refractivity contribution in [2.24, 2.45) is 0 Å². The average Bonchev–Trinajstić information content (AvgIpc) is 3.36. The van der Waals surface area contributed by atoms with Gasteiger partial charge in [0, 0.05) is 31.6 Å². The van der Waals surface area contributed by atoms with Crippen LogP contribution in [0.4, 0.5) is 0 Å². The Balaban J connectivity index is 1.50. The summed E-state index contributed by atoms with van der Waals surface area (Å²) in [5.74, 6) is 1.06. The molecular formula is C21H23N5OS2. The van der Waals surface area contributed by atoms with Crippen LogP contribution in [0.15, 0.2) is 47.8 Å². The van der Waals surface area contributed by atoms with E-state index >= 15 is 0 Å². The van der Waals surface area contributed by atoms with Crippen LogP contribution in [0, 0.1) is 4.77 Å². The Hall–Kier alpha value is -2.29. The van der Waals surface area contributed by atoms with Crippen LogP contribution in [-0.2, 0) is 11.5 Å². The number of amides is 1. The summed E-state index contributed by atoms with van der Waals surface area (Å²) in [4.78, 5) is 15.7. The van der Waals surface area contributed by atoms with E-state index in [1.165, 1.54) is 0 Å². The van der Waals surface area contributed by atoms with E-state index in [1.54, 1.807) is 11.3 Å². The molecule has 6 nitrogen and oxygen atoms in total. The van der Waals surface area contributed by atoms with Crippen molar-refractivity contribution in [2.45, 2.75) is 38.0 Å². The van der Waals surface area contributed by atoms with Crippen LogP contribution in [0.3, 0.4) is 0 Å². The molecule has 2 aromatic heterocycles. The minimum atomic E-state index is 0.0110. The van der Waals surface area contributed by atoms with Crippen molar-refractivity contribution < 1.29 is 4.79 Å². The fraction of sp³-hybridized carbons (Fsp3) is 0.381. The van der Waals surface area contributed by atoms with Crippen molar-refractivity contribution in [1.29, 1.82) is 0 Å². The van der Waals surface area contributed by atoms with Crippen LogP contribution in [0.25, 0.3) is 10.7 Å². The highest BCUT2D eigenvalue weighted by atomic mass is 32.1. The monoisotopic (exact) mass is 425 g/mol. The van der Waals surface area contributed by atoms with E-state index < -0.39 is 0 Å². The van der Waals surface area contributed by atoms with Crippen molar-refractivity contribution in [3.63, 3.8) is 0 Å². The normalized spacial score (nSPS) is 20.4. The van der Waals surface area contributed by atoms with Gasteiger partial charge in [-0.1, -0.05) is 36.4 Å². The molecule has 2 aliphatic rings. The summed E-state index contributed by atoms with van der Waals surface area (Å²) < 4.78 is 4.93. The van der Waals surface area contributed by atoms with Crippen LogP contribution < -0.4 is 5.32 Å². The molecule has 0 spiro atoms. The van der Waals surface area contributed by atoms with Crippen LogP contribution in [0.5, 0.6) is 0 Å². The topological polar surface area (TPSA) is 55.1 Å². The Morgan fingerprint density at radius 3 is 2.72 bits per heavy atom. The summed E-state index contributed by atoms with van der Waals surface area (Å²) in [7, 11) is 0. The summed E-state index contributed by atoms with van der Waals surface area (Å²) in [5.41, 5.74) is 1.15. The van der Waals surface area contributed by atoms with Gasteiger partial charge in [-0.05, 0) is 42.1 Å². The third kappa shape index (κ3) is 3.80. The number of aromatic nitrogens is 3. The van der Waals surface area contributed by atoms with E-state index in [0.29, 0.717) is 25.7 Å². The Bertz CT molecular complexity index is 1050. The van der Waals surface area contributed by atoms with Crippen LogP contribution >= 0.6 is 23.6 Å². The van der Waals surface area contributed by atoms with E-state index in [2.05, 4.69) is 44.4 Å². The summed E-state index contributed by atoms with van der Waals surface area (Å²) in [6.07, 6.45) is 2.76. The number of nitrogens with one attached hydrogen (secondary N) is 1. The Kier molecular flexibility index (Phi) is 5.07. The fourth-order valence-electron chi connectivity index (χ4n) is 3.96. The lowest BCUT2D eigenvalue weighted by Crippen LogP contribution is -2.33. The van der Waals surface area contributed by atoms with Gasteiger partial charge in [-0.2, -0.15) is 0 Å². The number of carbonyl (C=O) groups is 1. The first-order chi connectivity index (χ1) is 14.2. The molecule has 0 radical (unpaired) electrons. The minimum Gasteiger partial charge on any atom is -0.355 e. The molecule has 8 heteroatoms. The lowest BCUT2D eigenvalue weighted by atomic mass is 10.0. The van der Waals surface area contributed by atoms with Gasteiger partial charge in [0.25, 0.3) is 0 Å². The molecule has 2 fully saturated rings. The smallest absolute Gasteiger partial charge is 0.221 e. The van der Waals surface area contributed by atoms with Crippen LogP contribution in [0.2, 0.25) is 0 Å². The molecule has 3 heterocycles. The molecule has 3 aromatic rings. The molecule has 1 N–H and O–H groups in total. The van der Waals surface area contributed by atoms with E-state index in [0.717, 1.165) is 40.4 Å². The molecule has 5 rings (SSSR count). The maximum absolute atomic E-state index is 12.3. The summed E-state index contributed by atoms with van der Waals surface area (Å²) in [5, 5.41) is 10.0. The first-order valence-electron chi connectivity index (χ1n) is 9.99. The zero-order chi connectivity index (χ0) is 19.8. The first kappa shape index (κ1) is 18.7. The third-order valence-corrected chi connectivity index (χ3v) is 6.84. The second kappa shape index (κ2) is 7.85. The van der Waals surface area contributed by atoms with Gasteiger partial charge in [-0.15, -0.1) is 16.4 Å². The number of rotatable bonds is 5. The number of carbonyl (C=O) groups excluding carboxylic acids is 1. The van der Waals surface area contributed by atoms with E-state index in [-0.39, 0.29) is 11.9 Å². The molecule has 0 unspecified atom stereocenters. The molecule has 1 atom stereocenters. The second-order valence-electron chi connectivity index (χ2n) is 7.62. The predicted molar refractivity (Wildman–Crippen MR) is 116 cm³/mol. The van der Waals surface area contributed by atoms with Gasteiger partial charge in [0.1, 0.15) is 0 Å². The molecule has 0 bridgehead atoms. The number of nitrogens with zero attached hydrogens (tertiary/aromatic N) is 4. The van der Waals surface area contributed by atoms with Crippen LogP contribution in [-0.4, -0.2) is 38.2 Å². The highest BCUT2D eigenvalue weighted by Gasteiger charge is 2.31. The number of hydrogen-bond donors (Lipinski definition) is 1. The van der Waals surface area contributed by atoms with Gasteiger partial charge in [-0.3, -0.25) is 14.3 Å². The Morgan fingerprint density at radius 1 is 1.17 bits per heavy atom. The molecule has 1 amide bonds. The standard InChI is InChI=1S/C21H23N5OS2/c27-19-13-17(15-5-2-1-3-6-15)24(11-10-22-19)14-25-21(28)26(16-8-9-16)20(23-25)18-7-4-12-29-18/h1-7,12,16-17H,8-11,13-14H2,(H,22,27)/t17-/m1/s1. The maximum Gasteiger partial charge on any atom is 0.221 e. The van der Waals surface area contributed by atoms with Crippen LogP contribution in [0.1, 0.15) is 36.9 Å². The van der Waals surface area contributed by atoms with E-state index in [1.807, 2.05) is 22.9 Å². The quantitative estimate of drug-likeness (QED) is 0.628. The SMILES string of the molecule is O=C1C[C@H](c2ccccc2)N(Cn2nc(-c3cccs3)n(C3CC3)c2=S)CCN1. The van der Waals surface area contributed by atoms with Crippen molar-refractivity contribution in [3.05, 3.63) is 58.2 Å². The van der Waals surface area contributed by atoms with Gasteiger partial charge in [0.15, 0.2) is 10.6 Å². The zero-order valence-corrected chi connectivity index (χ0v) is 17.7. The average molecular weight is 426 g/mol.